The molecule has 0 saturated carbocycles. The second-order valence-electron chi connectivity index (χ2n) is 9.16. The van der Waals surface area contributed by atoms with E-state index in [0.717, 1.165) is 75.5 Å². The van der Waals surface area contributed by atoms with Crippen LogP contribution in [0.25, 0.3) is 10.9 Å². The van der Waals surface area contributed by atoms with E-state index in [1.807, 2.05) is 6.07 Å². The number of fused-ring (bicyclic) bond motifs is 1. The number of piperidine rings is 1. The summed E-state index contributed by atoms with van der Waals surface area (Å²) in [6.45, 7) is 12.7. The molecule has 32 heavy (non-hydrogen) atoms. The van der Waals surface area contributed by atoms with E-state index >= 15 is 0 Å². The number of likely N-dealkylation sites (tertiary alicyclic amines) is 1. The molecule has 0 atom stereocenters. The van der Waals surface area contributed by atoms with Gasteiger partial charge in [0, 0.05) is 37.8 Å². The molecule has 0 amide bonds. The molecule has 8 heteroatoms. The van der Waals surface area contributed by atoms with E-state index in [0.29, 0.717) is 11.4 Å². The van der Waals surface area contributed by atoms with Crippen molar-refractivity contribution >= 4 is 23.5 Å². The minimum absolute atomic E-state index is 0.183. The van der Waals surface area contributed by atoms with Crippen LogP contribution < -0.4 is 0 Å². The molecule has 0 bridgehead atoms. The van der Waals surface area contributed by atoms with Gasteiger partial charge < -0.3 is 14.5 Å². The maximum atomic E-state index is 14.6. The number of hydrogen-bond donors (Lipinski definition) is 0. The van der Waals surface area contributed by atoms with E-state index in [-0.39, 0.29) is 24.3 Å². The summed E-state index contributed by atoms with van der Waals surface area (Å²) in [5, 5.41) is 9.12. The number of ether oxygens (including phenoxy) is 1. The highest BCUT2D eigenvalue weighted by atomic mass is 19.1. The van der Waals surface area contributed by atoms with Crippen LogP contribution in [0.1, 0.15) is 51.1 Å². The van der Waals surface area contributed by atoms with Crippen molar-refractivity contribution in [2.24, 2.45) is 22.0 Å². The van der Waals surface area contributed by atoms with Gasteiger partial charge in [0.2, 0.25) is 5.90 Å². The number of para-hydroxylation sites is 1. The number of aromatic nitrogens is 2. The molecule has 0 spiro atoms. The van der Waals surface area contributed by atoms with Crippen molar-refractivity contribution in [2.45, 2.75) is 52.1 Å². The zero-order valence-electron chi connectivity index (χ0n) is 19.2. The van der Waals surface area contributed by atoms with Gasteiger partial charge in [-0.05, 0) is 56.7 Å². The number of halogens is 1. The summed E-state index contributed by atoms with van der Waals surface area (Å²) in [4.78, 5) is 12.7. The lowest BCUT2D eigenvalue weighted by Crippen LogP contribution is -2.40. The topological polar surface area (TPSA) is 64.2 Å². The molecule has 0 radical (unpaired) electrons. The molecule has 0 unspecified atom stereocenters. The Hall–Kier alpha value is -2.32. The van der Waals surface area contributed by atoms with Crippen LogP contribution in [-0.4, -0.2) is 60.1 Å². The zero-order valence-corrected chi connectivity index (χ0v) is 19.2. The van der Waals surface area contributed by atoms with Gasteiger partial charge in [-0.25, -0.2) is 14.1 Å². The van der Waals surface area contributed by atoms with Crippen molar-refractivity contribution in [3.8, 4) is 0 Å². The predicted molar refractivity (Wildman–Crippen MR) is 125 cm³/mol. The summed E-state index contributed by atoms with van der Waals surface area (Å²) in [7, 11) is 0. The number of rotatable bonds is 7. The fraction of sp³-hybridized carbons (Fsp3) is 0.625. The first-order valence-corrected chi connectivity index (χ1v) is 11.7. The molecule has 1 aromatic heterocycles. The number of nitrogens with zero attached hydrogens (tertiary/aromatic N) is 5. The third-order valence-electron chi connectivity index (χ3n) is 6.61. The van der Waals surface area contributed by atoms with Crippen molar-refractivity contribution in [1.82, 2.24) is 14.7 Å². The van der Waals surface area contributed by atoms with Gasteiger partial charge in [-0.1, -0.05) is 31.1 Å². The van der Waals surface area contributed by atoms with E-state index in [1.54, 1.807) is 10.7 Å². The first-order chi connectivity index (χ1) is 15.6. The molecule has 1 aromatic carbocycles. The molecule has 2 fully saturated rings. The monoisotopic (exact) mass is 443 g/mol. The van der Waals surface area contributed by atoms with Gasteiger partial charge in [0.15, 0.2) is 0 Å². The summed E-state index contributed by atoms with van der Waals surface area (Å²) in [6.07, 6.45) is 4.23. The molecule has 0 N–H and O–H groups in total. The average Bonchev–Trinajstić information content (AvgIpc) is 3.18. The van der Waals surface area contributed by atoms with Gasteiger partial charge in [0.1, 0.15) is 18.0 Å². The third-order valence-corrected chi connectivity index (χ3v) is 6.61. The van der Waals surface area contributed by atoms with E-state index in [1.165, 1.54) is 6.07 Å². The maximum Gasteiger partial charge on any atom is 0.225 e. The zero-order chi connectivity index (χ0) is 22.5. The molecular formula is C24H34FN5O2. The lowest BCUT2D eigenvalue weighted by Gasteiger charge is -2.35. The van der Waals surface area contributed by atoms with Crippen LogP contribution >= 0.6 is 0 Å². The van der Waals surface area contributed by atoms with E-state index in [4.69, 9.17) is 9.57 Å². The Bertz CT molecular complexity index is 943. The Balaban J connectivity index is 1.44. The van der Waals surface area contributed by atoms with Crippen LogP contribution in [0, 0.1) is 17.7 Å². The van der Waals surface area contributed by atoms with Gasteiger partial charge in [-0.2, -0.15) is 5.10 Å². The molecule has 2 saturated heterocycles. The van der Waals surface area contributed by atoms with Gasteiger partial charge in [-0.15, -0.1) is 0 Å². The number of oxime groups is 1. The normalized spacial score (nSPS) is 19.7. The smallest absolute Gasteiger partial charge is 0.225 e. The average molecular weight is 444 g/mol. The van der Waals surface area contributed by atoms with Crippen LogP contribution in [0.2, 0.25) is 0 Å². The van der Waals surface area contributed by atoms with Crippen LogP contribution in [-0.2, 0) is 16.2 Å². The molecule has 4 rings (SSSR count). The van der Waals surface area contributed by atoms with E-state index in [2.05, 4.69) is 40.7 Å². The Morgan fingerprint density at radius 2 is 2.00 bits per heavy atom. The van der Waals surface area contributed by atoms with Crippen LogP contribution in [0.4, 0.5) is 4.39 Å². The molecule has 7 nitrogen and oxygen atoms in total. The van der Waals surface area contributed by atoms with Crippen molar-refractivity contribution < 1.29 is 14.0 Å². The Labute approximate surface area is 189 Å². The molecule has 3 heterocycles. The Kier molecular flexibility index (Phi) is 7.52. The van der Waals surface area contributed by atoms with E-state index < -0.39 is 0 Å². The first-order valence-electron chi connectivity index (χ1n) is 11.7. The first kappa shape index (κ1) is 22.9. The van der Waals surface area contributed by atoms with Crippen LogP contribution in [0.3, 0.4) is 0 Å². The quantitative estimate of drug-likeness (QED) is 0.361. The van der Waals surface area contributed by atoms with Crippen molar-refractivity contribution in [1.29, 1.82) is 0 Å². The van der Waals surface area contributed by atoms with Gasteiger partial charge in [0.05, 0.1) is 5.69 Å². The Morgan fingerprint density at radius 1 is 1.25 bits per heavy atom. The highest BCUT2D eigenvalue weighted by Crippen LogP contribution is 2.27. The number of benzene rings is 1. The minimum Gasteiger partial charge on any atom is -0.381 e. The molecule has 174 valence electrons. The second-order valence-corrected chi connectivity index (χ2v) is 9.16. The highest BCUT2D eigenvalue weighted by molar-refractivity contribution is 5.83. The van der Waals surface area contributed by atoms with Gasteiger partial charge in [-0.3, -0.25) is 0 Å². The Morgan fingerprint density at radius 3 is 2.69 bits per heavy atom. The number of aliphatic imine (C=N–C) groups is 1. The standard InChI is InChI=1S/C24H34FN5O2/c1-17(2)22-20-5-4-6-21(25)23(20)30(28-22)16-27-24(32-26-3)19-7-11-29(12-8-19)15-18-9-13-31-14-10-18/h4-6,17-19H,3,7-16H2,1-2H3/b27-24-. The molecule has 2 aliphatic rings. The predicted octanol–water partition coefficient (Wildman–Crippen LogP) is 4.43. The lowest BCUT2D eigenvalue weighted by atomic mass is 9.94. The summed E-state index contributed by atoms with van der Waals surface area (Å²) >= 11 is 0. The molecule has 2 aliphatic heterocycles. The van der Waals surface area contributed by atoms with Crippen LogP contribution in [0.5, 0.6) is 0 Å². The second kappa shape index (κ2) is 10.5. The third kappa shape index (κ3) is 5.18. The van der Waals surface area contributed by atoms with E-state index in [9.17, 15) is 4.39 Å². The summed E-state index contributed by atoms with van der Waals surface area (Å²) in [5.74, 6) is 1.38. The number of hydrogen-bond acceptors (Lipinski definition) is 6. The summed E-state index contributed by atoms with van der Waals surface area (Å²) < 4.78 is 21.7. The summed E-state index contributed by atoms with van der Waals surface area (Å²) in [5.41, 5.74) is 1.36. The van der Waals surface area contributed by atoms with Crippen molar-refractivity contribution in [3.63, 3.8) is 0 Å². The maximum absolute atomic E-state index is 14.6. The van der Waals surface area contributed by atoms with Gasteiger partial charge in [0.25, 0.3) is 0 Å². The lowest BCUT2D eigenvalue weighted by molar-refractivity contribution is 0.0479. The fourth-order valence-corrected chi connectivity index (χ4v) is 4.84. The van der Waals surface area contributed by atoms with Crippen molar-refractivity contribution in [3.05, 3.63) is 29.7 Å². The molecule has 2 aromatic rings. The molecule has 0 aliphatic carbocycles. The fourth-order valence-electron chi connectivity index (χ4n) is 4.84. The van der Waals surface area contributed by atoms with Gasteiger partial charge >= 0.3 is 0 Å². The van der Waals surface area contributed by atoms with Crippen LogP contribution in [0.15, 0.2) is 28.3 Å². The largest absolute Gasteiger partial charge is 0.381 e. The SMILES string of the molecule is C=NO/C(=N\Cn1nc(C(C)C)c2cccc(F)c21)C1CCN(CC2CCOCC2)CC1. The minimum atomic E-state index is -0.289. The molecular weight excluding hydrogens is 409 g/mol. The van der Waals surface area contributed by atoms with Crippen molar-refractivity contribution in [2.75, 3.05) is 32.8 Å². The summed E-state index contributed by atoms with van der Waals surface area (Å²) in [6, 6.07) is 5.10. The highest BCUT2D eigenvalue weighted by Gasteiger charge is 2.27.